The van der Waals surface area contributed by atoms with Gasteiger partial charge in [0, 0.05) is 17.5 Å². The summed E-state index contributed by atoms with van der Waals surface area (Å²) in [6, 6.07) is 3.03. The molecule has 2 amide bonds. The second kappa shape index (κ2) is 15.3. The predicted molar refractivity (Wildman–Crippen MR) is 151 cm³/mol. The molecule has 38 heavy (non-hydrogen) atoms. The number of nitrogens with zero attached hydrogens (tertiary/aromatic N) is 1. The van der Waals surface area contributed by atoms with E-state index in [1.54, 1.807) is 31.2 Å². The number of hydrogen-bond donors (Lipinski definition) is 1. The van der Waals surface area contributed by atoms with Crippen LogP contribution in [0, 0.1) is 12.3 Å². The molecule has 210 valence electrons. The molecular weight excluding hydrogens is 486 g/mol. The van der Waals surface area contributed by atoms with Crippen molar-refractivity contribution in [3.63, 3.8) is 0 Å². The van der Waals surface area contributed by atoms with Gasteiger partial charge in [-0.1, -0.05) is 82.2 Å². The number of carbonyl (C=O) groups excluding carboxylic acids is 2. The largest absolute Gasteiger partial charge is 0.487 e. The maximum absolute atomic E-state index is 13.5. The second-order valence-corrected chi connectivity index (χ2v) is 10.5. The Morgan fingerprint density at radius 1 is 1.16 bits per heavy atom. The van der Waals surface area contributed by atoms with Crippen molar-refractivity contribution in [2.75, 3.05) is 6.61 Å². The number of amides is 2. The predicted octanol–water partition coefficient (Wildman–Crippen LogP) is 7.52. The maximum Gasteiger partial charge on any atom is 0.272 e. The highest BCUT2D eigenvalue weighted by atomic mass is 19.3. The highest BCUT2D eigenvalue weighted by Crippen LogP contribution is 2.30. The summed E-state index contributed by atoms with van der Waals surface area (Å²) >= 11 is 0. The molecule has 0 aliphatic heterocycles. The van der Waals surface area contributed by atoms with Crippen molar-refractivity contribution >= 4 is 11.8 Å². The van der Waals surface area contributed by atoms with E-state index in [4.69, 9.17) is 4.74 Å². The van der Waals surface area contributed by atoms with E-state index < -0.39 is 18.9 Å². The quantitative estimate of drug-likeness (QED) is 0.163. The first-order valence-corrected chi connectivity index (χ1v) is 13.0. The van der Waals surface area contributed by atoms with Crippen LogP contribution in [0.25, 0.3) is 0 Å². The minimum absolute atomic E-state index is 0.101. The normalized spacial score (nSPS) is 13.2. The first-order chi connectivity index (χ1) is 17.8. The standard InChI is InChI=1S/C31H44F2N2O3/c1-10-13-24-16-17-25(23(6)29(24)38-20-27(32)33)30(37)34-35(26(14-11-2)31(7,8)9)28(36)18-15-22(5)19-21(4)12-3/h10,12,15-17,19,26-27H,1,3,11,13-14,18,20H2,2,4-9H3,(H,34,37)/b21-19-,22-15-/t26-/m1/s1. The van der Waals surface area contributed by atoms with Crippen LogP contribution in [-0.4, -0.2) is 35.9 Å². The van der Waals surface area contributed by atoms with E-state index in [1.807, 2.05) is 53.7 Å². The summed E-state index contributed by atoms with van der Waals surface area (Å²) in [5, 5.41) is 1.44. The number of alkyl halides is 2. The summed E-state index contributed by atoms with van der Waals surface area (Å²) in [4.78, 5) is 27.0. The molecular formula is C31H44F2N2O3. The fourth-order valence-corrected chi connectivity index (χ4v) is 4.19. The highest BCUT2D eigenvalue weighted by molar-refractivity contribution is 5.97. The number of carbonyl (C=O) groups is 2. The van der Waals surface area contributed by atoms with Gasteiger partial charge in [-0.15, -0.1) is 6.58 Å². The van der Waals surface area contributed by atoms with Crippen LogP contribution in [0.4, 0.5) is 8.78 Å². The van der Waals surface area contributed by atoms with Crippen LogP contribution in [-0.2, 0) is 11.2 Å². The van der Waals surface area contributed by atoms with Gasteiger partial charge in [0.25, 0.3) is 12.3 Å². The smallest absolute Gasteiger partial charge is 0.272 e. The molecule has 1 atom stereocenters. The van der Waals surface area contributed by atoms with Crippen molar-refractivity contribution in [1.82, 2.24) is 10.4 Å². The molecule has 0 saturated heterocycles. The van der Waals surface area contributed by atoms with Crippen LogP contribution in [0.1, 0.15) is 82.3 Å². The zero-order valence-electron chi connectivity index (χ0n) is 24.0. The highest BCUT2D eigenvalue weighted by Gasteiger charge is 2.34. The van der Waals surface area contributed by atoms with E-state index in [0.717, 1.165) is 17.6 Å². The fraction of sp³-hybridized carbons (Fsp3) is 0.484. The van der Waals surface area contributed by atoms with Gasteiger partial charge < -0.3 is 4.74 Å². The Morgan fingerprint density at radius 3 is 2.34 bits per heavy atom. The zero-order chi connectivity index (χ0) is 29.0. The Morgan fingerprint density at radius 2 is 1.82 bits per heavy atom. The second-order valence-electron chi connectivity index (χ2n) is 10.5. The lowest BCUT2D eigenvalue weighted by Crippen LogP contribution is -2.56. The lowest BCUT2D eigenvalue weighted by molar-refractivity contribution is -0.138. The van der Waals surface area contributed by atoms with Crippen LogP contribution in [0.15, 0.2) is 60.7 Å². The molecule has 0 aliphatic carbocycles. The minimum Gasteiger partial charge on any atom is -0.487 e. The van der Waals surface area contributed by atoms with Gasteiger partial charge in [0.05, 0.1) is 6.04 Å². The number of rotatable bonds is 13. The maximum atomic E-state index is 13.5. The number of benzene rings is 1. The summed E-state index contributed by atoms with van der Waals surface area (Å²) in [6.45, 7) is 20.3. The third kappa shape index (κ3) is 9.92. The monoisotopic (exact) mass is 530 g/mol. The van der Waals surface area contributed by atoms with Gasteiger partial charge in [0.1, 0.15) is 12.4 Å². The van der Waals surface area contributed by atoms with Gasteiger partial charge >= 0.3 is 0 Å². The Labute approximate surface area is 227 Å². The van der Waals surface area contributed by atoms with Crippen molar-refractivity contribution < 1.29 is 23.1 Å². The molecule has 5 nitrogen and oxygen atoms in total. The number of hydrazine groups is 1. The molecule has 0 aromatic heterocycles. The van der Waals surface area contributed by atoms with E-state index in [0.29, 0.717) is 24.0 Å². The van der Waals surface area contributed by atoms with Gasteiger partial charge in [0.2, 0.25) is 5.91 Å². The van der Waals surface area contributed by atoms with Crippen molar-refractivity contribution in [2.45, 2.75) is 86.6 Å². The van der Waals surface area contributed by atoms with Crippen molar-refractivity contribution in [1.29, 1.82) is 0 Å². The van der Waals surface area contributed by atoms with Gasteiger partial charge in [-0.2, -0.15) is 0 Å². The van der Waals surface area contributed by atoms with Gasteiger partial charge in [0.15, 0.2) is 0 Å². The third-order valence-corrected chi connectivity index (χ3v) is 6.19. The molecule has 1 aromatic rings. The summed E-state index contributed by atoms with van der Waals surface area (Å²) in [5.74, 6) is -0.512. The molecule has 0 radical (unpaired) electrons. The molecule has 0 heterocycles. The third-order valence-electron chi connectivity index (χ3n) is 6.19. The Hall–Kier alpha value is -3.22. The molecule has 0 fully saturated rings. The van der Waals surface area contributed by atoms with Crippen molar-refractivity contribution in [3.8, 4) is 5.75 Å². The lowest BCUT2D eigenvalue weighted by Gasteiger charge is -2.40. The Kier molecular flexibility index (Phi) is 13.2. The summed E-state index contributed by atoms with van der Waals surface area (Å²) in [6.07, 6.45) is 6.50. The first kappa shape index (κ1) is 32.8. The van der Waals surface area contributed by atoms with E-state index in [-0.39, 0.29) is 35.1 Å². The van der Waals surface area contributed by atoms with Crippen LogP contribution in [0.2, 0.25) is 0 Å². The minimum atomic E-state index is -2.65. The van der Waals surface area contributed by atoms with Crippen LogP contribution in [0.5, 0.6) is 5.75 Å². The molecule has 0 aliphatic rings. The SMILES string of the molecule is C=CCc1ccc(C(=O)NN(C(=O)C/C=C(C)\C=C(\C)C=C)[C@H](CCC)C(C)(C)C)c(C)c1OCC(F)F. The van der Waals surface area contributed by atoms with Gasteiger partial charge in [-0.05, 0) is 50.7 Å². The van der Waals surface area contributed by atoms with Crippen LogP contribution in [0.3, 0.4) is 0 Å². The number of ether oxygens (including phenoxy) is 1. The average molecular weight is 531 g/mol. The Bertz CT molecular complexity index is 1050. The topological polar surface area (TPSA) is 58.6 Å². The number of nitrogens with one attached hydrogen (secondary N) is 1. The van der Waals surface area contributed by atoms with Crippen LogP contribution >= 0.6 is 0 Å². The number of hydrogen-bond acceptors (Lipinski definition) is 3. The van der Waals surface area contributed by atoms with Gasteiger partial charge in [-0.25, -0.2) is 13.8 Å². The molecule has 0 bridgehead atoms. The summed E-state index contributed by atoms with van der Waals surface area (Å²) < 4.78 is 31.2. The van der Waals surface area contributed by atoms with E-state index >= 15 is 0 Å². The molecule has 1 N–H and O–H groups in total. The molecule has 1 aromatic carbocycles. The molecule has 7 heteroatoms. The molecule has 0 unspecified atom stereocenters. The zero-order valence-corrected chi connectivity index (χ0v) is 24.0. The average Bonchev–Trinajstić information content (AvgIpc) is 2.83. The van der Waals surface area contributed by atoms with Crippen molar-refractivity contribution in [3.05, 3.63) is 77.4 Å². The first-order valence-electron chi connectivity index (χ1n) is 13.0. The van der Waals surface area contributed by atoms with Crippen LogP contribution < -0.4 is 10.2 Å². The number of allylic oxidation sites excluding steroid dienone is 5. The van der Waals surface area contributed by atoms with Gasteiger partial charge in [-0.3, -0.25) is 15.0 Å². The van der Waals surface area contributed by atoms with E-state index in [9.17, 15) is 18.4 Å². The summed E-state index contributed by atoms with van der Waals surface area (Å²) in [5.41, 5.74) is 5.76. The number of halogens is 2. The van der Waals surface area contributed by atoms with E-state index in [1.165, 1.54) is 5.01 Å². The Balaban J connectivity index is 3.44. The molecule has 0 spiro atoms. The molecule has 0 saturated carbocycles. The fourth-order valence-electron chi connectivity index (χ4n) is 4.19. The van der Waals surface area contributed by atoms with Crippen molar-refractivity contribution in [2.24, 2.45) is 5.41 Å². The van der Waals surface area contributed by atoms with E-state index in [2.05, 4.69) is 18.6 Å². The lowest BCUT2D eigenvalue weighted by atomic mass is 9.83. The molecule has 1 rings (SSSR count). The summed E-state index contributed by atoms with van der Waals surface area (Å²) in [7, 11) is 0.